The second-order valence-corrected chi connectivity index (χ2v) is 20.0. The van der Waals surface area contributed by atoms with E-state index in [2.05, 4.69) is 330 Å². The standard InChI is InChI=1S/C73H52BN3/c1-8-24-53(25-9-1)55-40-45-63(46-41-55)77-69-49-42-56(54-26-10-2-11-27-54)50-67(69)74-66-38-22-23-39-68(66)76(70-51-65(52-71(77)72(70)74)75(61-34-18-6-19-35-61)62-36-20-7-21-37-62)64-47-43-60(44-48-64)73(57-28-12-3-13-29-57,58-30-14-4-15-31-58)59-32-16-5-17-33-59/h1-52H. The normalized spacial score (nSPS) is 12.3. The Morgan fingerprint density at radius 2 is 0.623 bits per heavy atom. The Kier molecular flexibility index (Phi) is 11.5. The molecule has 12 aromatic carbocycles. The van der Waals surface area contributed by atoms with Gasteiger partial charge in [0, 0.05) is 45.5 Å². The maximum atomic E-state index is 2.53. The summed E-state index contributed by atoms with van der Waals surface area (Å²) >= 11 is 0. The number of rotatable bonds is 11. The van der Waals surface area contributed by atoms with Gasteiger partial charge in [-0.3, -0.25) is 0 Å². The van der Waals surface area contributed by atoms with E-state index in [1.165, 1.54) is 60.9 Å². The van der Waals surface area contributed by atoms with Crippen molar-refractivity contribution in [3.05, 3.63) is 338 Å². The van der Waals surface area contributed by atoms with E-state index in [0.29, 0.717) is 0 Å². The van der Waals surface area contributed by atoms with Gasteiger partial charge in [-0.1, -0.05) is 243 Å². The summed E-state index contributed by atoms with van der Waals surface area (Å²) < 4.78 is 0. The average molecular weight is 982 g/mol. The van der Waals surface area contributed by atoms with Crippen LogP contribution < -0.4 is 31.1 Å². The maximum absolute atomic E-state index is 2.53. The molecule has 2 aliphatic rings. The van der Waals surface area contributed by atoms with Gasteiger partial charge in [-0.2, -0.15) is 0 Å². The van der Waals surface area contributed by atoms with E-state index in [4.69, 9.17) is 0 Å². The van der Waals surface area contributed by atoms with Crippen LogP contribution in [0.5, 0.6) is 0 Å². The second kappa shape index (κ2) is 19.4. The van der Waals surface area contributed by atoms with Crippen LogP contribution in [0.3, 0.4) is 0 Å². The van der Waals surface area contributed by atoms with E-state index in [1.54, 1.807) is 0 Å². The van der Waals surface area contributed by atoms with E-state index >= 15 is 0 Å². The third-order valence-corrected chi connectivity index (χ3v) is 15.8. The Labute approximate surface area is 452 Å². The highest BCUT2D eigenvalue weighted by Gasteiger charge is 2.45. The fourth-order valence-corrected chi connectivity index (χ4v) is 12.4. The molecule has 362 valence electrons. The minimum Gasteiger partial charge on any atom is -0.311 e. The summed E-state index contributed by atoms with van der Waals surface area (Å²) in [4.78, 5) is 7.46. The Hall–Kier alpha value is -9.90. The number of nitrogens with zero attached hydrogens (tertiary/aromatic N) is 3. The molecule has 77 heavy (non-hydrogen) atoms. The summed E-state index contributed by atoms with van der Waals surface area (Å²) in [5.41, 5.74) is 22.8. The molecule has 0 radical (unpaired) electrons. The molecule has 0 aromatic heterocycles. The lowest BCUT2D eigenvalue weighted by Crippen LogP contribution is -2.61. The van der Waals surface area contributed by atoms with Crippen LogP contribution in [0.1, 0.15) is 22.3 Å². The molecule has 0 unspecified atom stereocenters. The molecule has 0 aliphatic carbocycles. The highest BCUT2D eigenvalue weighted by Crippen LogP contribution is 2.50. The van der Waals surface area contributed by atoms with E-state index in [1.807, 2.05) is 0 Å². The number of benzene rings is 12. The van der Waals surface area contributed by atoms with Crippen LogP contribution >= 0.6 is 0 Å². The fourth-order valence-electron chi connectivity index (χ4n) is 12.4. The van der Waals surface area contributed by atoms with Crippen LogP contribution in [0, 0.1) is 0 Å². The highest BCUT2D eigenvalue weighted by molar-refractivity contribution is 7.00. The van der Waals surface area contributed by atoms with Gasteiger partial charge >= 0.3 is 0 Å². The van der Waals surface area contributed by atoms with Crippen molar-refractivity contribution in [3.8, 4) is 22.3 Å². The van der Waals surface area contributed by atoms with Crippen LogP contribution in [0.15, 0.2) is 315 Å². The molecule has 0 bridgehead atoms. The van der Waals surface area contributed by atoms with Gasteiger partial charge < -0.3 is 14.7 Å². The smallest absolute Gasteiger partial charge is 0.252 e. The Morgan fingerprint density at radius 1 is 0.260 bits per heavy atom. The van der Waals surface area contributed by atoms with Gasteiger partial charge in [-0.05, 0) is 134 Å². The zero-order valence-corrected chi connectivity index (χ0v) is 42.4. The van der Waals surface area contributed by atoms with Crippen molar-refractivity contribution < 1.29 is 0 Å². The Morgan fingerprint density at radius 3 is 1.12 bits per heavy atom. The molecular weight excluding hydrogens is 930 g/mol. The molecule has 0 fully saturated rings. The Bertz CT molecular complexity index is 3870. The molecule has 2 aliphatic heterocycles. The number of para-hydroxylation sites is 3. The van der Waals surface area contributed by atoms with Crippen molar-refractivity contribution in [2.75, 3.05) is 14.7 Å². The summed E-state index contributed by atoms with van der Waals surface area (Å²) in [7, 11) is 0. The van der Waals surface area contributed by atoms with Gasteiger partial charge in [-0.25, -0.2) is 0 Å². The third-order valence-electron chi connectivity index (χ3n) is 15.8. The van der Waals surface area contributed by atoms with E-state index < -0.39 is 5.41 Å². The van der Waals surface area contributed by atoms with Crippen LogP contribution in [-0.4, -0.2) is 6.71 Å². The second-order valence-electron chi connectivity index (χ2n) is 20.0. The molecule has 0 saturated carbocycles. The summed E-state index contributed by atoms with van der Waals surface area (Å²) in [5, 5.41) is 0. The van der Waals surface area contributed by atoms with Crippen LogP contribution in [-0.2, 0) is 5.41 Å². The summed E-state index contributed by atoms with van der Waals surface area (Å²) in [6.45, 7) is -0.0805. The lowest BCUT2D eigenvalue weighted by molar-refractivity contribution is 0.745. The van der Waals surface area contributed by atoms with Gasteiger partial charge in [0.15, 0.2) is 0 Å². The lowest BCUT2D eigenvalue weighted by atomic mass is 9.33. The van der Waals surface area contributed by atoms with Crippen LogP contribution in [0.4, 0.5) is 51.2 Å². The predicted molar refractivity (Wildman–Crippen MR) is 324 cm³/mol. The first-order valence-electron chi connectivity index (χ1n) is 26.6. The lowest BCUT2D eigenvalue weighted by Gasteiger charge is -2.45. The first kappa shape index (κ1) is 45.7. The molecule has 0 amide bonds. The molecule has 4 heteroatoms. The molecule has 14 rings (SSSR count). The fraction of sp³-hybridized carbons (Fsp3) is 0.0137. The molecular formula is C73H52BN3. The molecule has 0 spiro atoms. The molecule has 3 nitrogen and oxygen atoms in total. The van der Waals surface area contributed by atoms with Gasteiger partial charge in [0.2, 0.25) is 0 Å². The topological polar surface area (TPSA) is 9.72 Å². The highest BCUT2D eigenvalue weighted by atomic mass is 15.2. The monoisotopic (exact) mass is 981 g/mol. The SMILES string of the molecule is c1ccc(-c2ccc(N3c4ccc(-c5ccccc5)cc4B4c5ccccc5N(c5ccc(C(c6ccccc6)(c6ccccc6)c6ccccc6)cc5)c5cc(N(c6ccccc6)c6ccccc6)cc3c54)cc2)cc1. The predicted octanol–water partition coefficient (Wildman–Crippen LogP) is 17.0. The molecule has 2 heterocycles. The maximum Gasteiger partial charge on any atom is 0.252 e. The largest absolute Gasteiger partial charge is 0.311 e. The average Bonchev–Trinajstić information content (AvgIpc) is 3.57. The summed E-state index contributed by atoms with van der Waals surface area (Å²) in [6.07, 6.45) is 0. The van der Waals surface area contributed by atoms with Crippen LogP contribution in [0.2, 0.25) is 0 Å². The molecule has 0 N–H and O–H groups in total. The minimum atomic E-state index is -0.588. The van der Waals surface area contributed by atoms with Crippen molar-refractivity contribution in [1.29, 1.82) is 0 Å². The minimum absolute atomic E-state index is 0.0805. The van der Waals surface area contributed by atoms with Crippen molar-refractivity contribution in [3.63, 3.8) is 0 Å². The Balaban J connectivity index is 1.04. The van der Waals surface area contributed by atoms with Gasteiger partial charge in [0.1, 0.15) is 0 Å². The van der Waals surface area contributed by atoms with Crippen molar-refractivity contribution in [2.45, 2.75) is 5.41 Å². The summed E-state index contributed by atoms with van der Waals surface area (Å²) in [6, 6.07) is 116. The number of hydrogen-bond acceptors (Lipinski definition) is 3. The first-order valence-corrected chi connectivity index (χ1v) is 26.6. The van der Waals surface area contributed by atoms with Crippen LogP contribution in [0.25, 0.3) is 22.3 Å². The molecule has 0 saturated heterocycles. The molecule has 0 atom stereocenters. The zero-order chi connectivity index (χ0) is 51.1. The first-order chi connectivity index (χ1) is 38.2. The summed E-state index contributed by atoms with van der Waals surface area (Å²) in [5.74, 6) is 0. The number of hydrogen-bond donors (Lipinski definition) is 0. The molecule has 12 aromatic rings. The third kappa shape index (κ3) is 7.84. The zero-order valence-electron chi connectivity index (χ0n) is 42.4. The van der Waals surface area contributed by atoms with Crippen molar-refractivity contribution >= 4 is 74.3 Å². The van der Waals surface area contributed by atoms with Gasteiger partial charge in [0.05, 0.1) is 11.1 Å². The number of anilines is 9. The quantitative estimate of drug-likeness (QED) is 0.0944. The van der Waals surface area contributed by atoms with E-state index in [-0.39, 0.29) is 6.71 Å². The van der Waals surface area contributed by atoms with Crippen molar-refractivity contribution in [2.24, 2.45) is 0 Å². The van der Waals surface area contributed by atoms with E-state index in [0.717, 1.165) is 51.2 Å². The van der Waals surface area contributed by atoms with Gasteiger partial charge in [-0.15, -0.1) is 0 Å². The van der Waals surface area contributed by atoms with E-state index in [9.17, 15) is 0 Å². The van der Waals surface area contributed by atoms with Gasteiger partial charge in [0.25, 0.3) is 6.71 Å². The number of fused-ring (bicyclic) bond motifs is 4. The van der Waals surface area contributed by atoms with Crippen molar-refractivity contribution in [1.82, 2.24) is 0 Å².